The summed E-state index contributed by atoms with van der Waals surface area (Å²) < 4.78 is 0. The largest absolute Gasteiger partial charge is 0.481 e. The summed E-state index contributed by atoms with van der Waals surface area (Å²) in [6, 6.07) is 8.66. The predicted octanol–water partition coefficient (Wildman–Crippen LogP) is 3.71. The second kappa shape index (κ2) is 7.60. The highest BCUT2D eigenvalue weighted by atomic mass is 16.4. The molecule has 1 aliphatic rings. The molecule has 1 aromatic rings. The first-order chi connectivity index (χ1) is 10.1. The molecule has 3 nitrogen and oxygen atoms in total. The topological polar surface area (TPSA) is 40.5 Å². The van der Waals surface area contributed by atoms with Gasteiger partial charge in [0.1, 0.15) is 0 Å². The van der Waals surface area contributed by atoms with Crippen LogP contribution in [0.15, 0.2) is 24.3 Å². The SMILES string of the molecule is CC(C)CN(Cc1ccccc1CC(=O)O)C1CCCC1. The summed E-state index contributed by atoms with van der Waals surface area (Å²) in [6.45, 7) is 6.48. The first-order valence-corrected chi connectivity index (χ1v) is 8.09. The summed E-state index contributed by atoms with van der Waals surface area (Å²) in [4.78, 5) is 13.6. The van der Waals surface area contributed by atoms with E-state index in [1.54, 1.807) is 0 Å². The molecule has 21 heavy (non-hydrogen) atoms. The lowest BCUT2D eigenvalue weighted by molar-refractivity contribution is -0.136. The van der Waals surface area contributed by atoms with Crippen LogP contribution in [0, 0.1) is 5.92 Å². The molecule has 0 saturated heterocycles. The van der Waals surface area contributed by atoms with E-state index >= 15 is 0 Å². The van der Waals surface area contributed by atoms with E-state index in [0.717, 1.165) is 18.7 Å². The number of carbonyl (C=O) groups is 1. The van der Waals surface area contributed by atoms with E-state index in [1.165, 1.54) is 31.2 Å². The molecule has 1 aliphatic carbocycles. The van der Waals surface area contributed by atoms with Crippen LogP contribution in [-0.4, -0.2) is 28.6 Å². The molecule has 0 bridgehead atoms. The Morgan fingerprint density at radius 1 is 1.24 bits per heavy atom. The third kappa shape index (κ3) is 4.85. The number of benzene rings is 1. The van der Waals surface area contributed by atoms with Crippen molar-refractivity contribution in [2.75, 3.05) is 6.54 Å². The van der Waals surface area contributed by atoms with Crippen LogP contribution in [0.4, 0.5) is 0 Å². The molecule has 0 spiro atoms. The molecule has 0 amide bonds. The minimum absolute atomic E-state index is 0.121. The summed E-state index contributed by atoms with van der Waals surface area (Å²) in [5, 5.41) is 9.07. The van der Waals surface area contributed by atoms with Gasteiger partial charge in [0, 0.05) is 19.1 Å². The molecule has 0 radical (unpaired) electrons. The normalized spacial score (nSPS) is 16.0. The Morgan fingerprint density at radius 3 is 2.43 bits per heavy atom. The van der Waals surface area contributed by atoms with E-state index in [0.29, 0.717) is 12.0 Å². The molecule has 0 heterocycles. The van der Waals surface area contributed by atoms with Crippen molar-refractivity contribution in [2.45, 2.75) is 58.5 Å². The second-order valence-electron chi connectivity index (χ2n) is 6.60. The van der Waals surface area contributed by atoms with Crippen LogP contribution in [0.5, 0.6) is 0 Å². The molecular weight excluding hydrogens is 262 g/mol. The Hall–Kier alpha value is -1.35. The van der Waals surface area contributed by atoms with Gasteiger partial charge in [0.05, 0.1) is 6.42 Å². The number of carboxylic acids is 1. The van der Waals surface area contributed by atoms with Crippen molar-refractivity contribution in [3.63, 3.8) is 0 Å². The molecule has 1 fully saturated rings. The first kappa shape index (κ1) is 16.0. The summed E-state index contributed by atoms with van der Waals surface area (Å²) >= 11 is 0. The molecule has 116 valence electrons. The van der Waals surface area contributed by atoms with E-state index in [9.17, 15) is 4.79 Å². The lowest BCUT2D eigenvalue weighted by Gasteiger charge is -2.31. The van der Waals surface area contributed by atoms with Crippen molar-refractivity contribution in [3.8, 4) is 0 Å². The number of carboxylic acid groups (broad SMARTS) is 1. The van der Waals surface area contributed by atoms with Crippen LogP contribution in [-0.2, 0) is 17.8 Å². The van der Waals surface area contributed by atoms with Gasteiger partial charge in [0.2, 0.25) is 0 Å². The molecule has 0 aliphatic heterocycles. The third-order valence-electron chi connectivity index (χ3n) is 4.27. The van der Waals surface area contributed by atoms with Crippen molar-refractivity contribution in [1.29, 1.82) is 0 Å². The number of nitrogens with zero attached hydrogens (tertiary/aromatic N) is 1. The predicted molar refractivity (Wildman–Crippen MR) is 85.3 cm³/mol. The highest BCUT2D eigenvalue weighted by molar-refractivity contribution is 5.70. The summed E-state index contributed by atoms with van der Waals surface area (Å²) in [5.74, 6) is -0.115. The highest BCUT2D eigenvalue weighted by Crippen LogP contribution is 2.26. The summed E-state index contributed by atoms with van der Waals surface area (Å²) in [7, 11) is 0. The van der Waals surface area contributed by atoms with Gasteiger partial charge in [-0.1, -0.05) is 51.0 Å². The summed E-state index contributed by atoms with van der Waals surface area (Å²) in [5.41, 5.74) is 2.13. The minimum Gasteiger partial charge on any atom is -0.481 e. The highest BCUT2D eigenvalue weighted by Gasteiger charge is 2.23. The Labute approximate surface area is 128 Å². The Balaban J connectivity index is 2.13. The van der Waals surface area contributed by atoms with Crippen LogP contribution in [0.1, 0.15) is 50.7 Å². The zero-order valence-electron chi connectivity index (χ0n) is 13.2. The zero-order valence-corrected chi connectivity index (χ0v) is 13.2. The monoisotopic (exact) mass is 289 g/mol. The van der Waals surface area contributed by atoms with E-state index in [1.807, 2.05) is 18.2 Å². The molecule has 1 aromatic carbocycles. The third-order valence-corrected chi connectivity index (χ3v) is 4.27. The van der Waals surface area contributed by atoms with Gasteiger partial charge in [-0.15, -0.1) is 0 Å². The molecule has 0 aromatic heterocycles. The Morgan fingerprint density at radius 2 is 1.86 bits per heavy atom. The standard InChI is InChI=1S/C18H27NO2/c1-14(2)12-19(17-9-5-6-10-17)13-16-8-4-3-7-15(16)11-18(20)21/h3-4,7-8,14,17H,5-6,9-13H2,1-2H3,(H,20,21). The maximum atomic E-state index is 11.0. The lowest BCUT2D eigenvalue weighted by Crippen LogP contribution is -2.36. The van der Waals surface area contributed by atoms with E-state index in [2.05, 4.69) is 24.8 Å². The van der Waals surface area contributed by atoms with Gasteiger partial charge in [0.25, 0.3) is 0 Å². The zero-order chi connectivity index (χ0) is 15.2. The summed E-state index contributed by atoms with van der Waals surface area (Å²) in [6.07, 6.45) is 5.35. The molecule has 0 atom stereocenters. The molecule has 0 unspecified atom stereocenters. The van der Waals surface area contributed by atoms with Crippen LogP contribution >= 0.6 is 0 Å². The van der Waals surface area contributed by atoms with Crippen LogP contribution in [0.2, 0.25) is 0 Å². The van der Waals surface area contributed by atoms with Crippen LogP contribution in [0.25, 0.3) is 0 Å². The Bertz CT molecular complexity index is 464. The molecule has 3 heteroatoms. The smallest absolute Gasteiger partial charge is 0.307 e. The van der Waals surface area contributed by atoms with Crippen molar-refractivity contribution in [1.82, 2.24) is 4.90 Å². The van der Waals surface area contributed by atoms with Crippen molar-refractivity contribution in [3.05, 3.63) is 35.4 Å². The van der Waals surface area contributed by atoms with Crippen molar-refractivity contribution >= 4 is 5.97 Å². The number of hydrogen-bond donors (Lipinski definition) is 1. The van der Waals surface area contributed by atoms with Gasteiger partial charge in [-0.25, -0.2) is 0 Å². The minimum atomic E-state index is -0.751. The van der Waals surface area contributed by atoms with Gasteiger partial charge < -0.3 is 5.11 Å². The van der Waals surface area contributed by atoms with Gasteiger partial charge in [-0.05, 0) is 29.9 Å². The first-order valence-electron chi connectivity index (χ1n) is 8.09. The van der Waals surface area contributed by atoms with Gasteiger partial charge in [-0.3, -0.25) is 9.69 Å². The maximum absolute atomic E-state index is 11.0. The van der Waals surface area contributed by atoms with Gasteiger partial charge in [0.15, 0.2) is 0 Å². The molecule has 1 N–H and O–H groups in total. The van der Waals surface area contributed by atoms with E-state index in [-0.39, 0.29) is 6.42 Å². The number of rotatable bonds is 7. The van der Waals surface area contributed by atoms with Crippen LogP contribution in [0.3, 0.4) is 0 Å². The van der Waals surface area contributed by atoms with Gasteiger partial charge in [-0.2, -0.15) is 0 Å². The number of aliphatic carboxylic acids is 1. The fraction of sp³-hybridized carbons (Fsp3) is 0.611. The van der Waals surface area contributed by atoms with Gasteiger partial charge >= 0.3 is 5.97 Å². The average molecular weight is 289 g/mol. The Kier molecular flexibility index (Phi) is 5.80. The average Bonchev–Trinajstić information content (AvgIpc) is 2.93. The molecule has 2 rings (SSSR count). The van der Waals surface area contributed by atoms with Crippen LogP contribution < -0.4 is 0 Å². The second-order valence-corrected chi connectivity index (χ2v) is 6.60. The fourth-order valence-electron chi connectivity index (χ4n) is 3.35. The van der Waals surface area contributed by atoms with E-state index < -0.39 is 5.97 Å². The maximum Gasteiger partial charge on any atom is 0.307 e. The van der Waals surface area contributed by atoms with Crippen molar-refractivity contribution < 1.29 is 9.90 Å². The lowest BCUT2D eigenvalue weighted by atomic mass is 10.0. The van der Waals surface area contributed by atoms with Crippen molar-refractivity contribution in [2.24, 2.45) is 5.92 Å². The molecular formula is C18H27NO2. The quantitative estimate of drug-likeness (QED) is 0.831. The molecule has 1 saturated carbocycles. The fourth-order valence-corrected chi connectivity index (χ4v) is 3.35. The number of hydrogen-bond acceptors (Lipinski definition) is 2. The van der Waals surface area contributed by atoms with E-state index in [4.69, 9.17) is 5.11 Å².